The van der Waals surface area contributed by atoms with Crippen LogP contribution < -0.4 is 5.32 Å². The summed E-state index contributed by atoms with van der Waals surface area (Å²) in [7, 11) is -3.04. The molecule has 5 fully saturated rings. The monoisotopic (exact) mass is 670 g/mol. The van der Waals surface area contributed by atoms with Gasteiger partial charge in [-0.25, -0.2) is 8.42 Å². The number of hydrogen-bond acceptors (Lipinski definition) is 5. The van der Waals surface area contributed by atoms with Crippen molar-refractivity contribution in [3.05, 3.63) is 23.3 Å². The summed E-state index contributed by atoms with van der Waals surface area (Å²) in [6.45, 7) is 13.7. The molecule has 0 aromatic carbocycles. The molecule has 264 valence electrons. The molecule has 2 N–H and O–H groups in total. The first-order valence-electron chi connectivity index (χ1n) is 19.0. The predicted molar refractivity (Wildman–Crippen MR) is 188 cm³/mol. The Bertz CT molecular complexity index is 1410. The Hall–Kier alpha value is -1.67. The van der Waals surface area contributed by atoms with Crippen molar-refractivity contribution in [1.82, 2.24) is 10.2 Å². The molecule has 7 nitrogen and oxygen atoms in total. The summed E-state index contributed by atoms with van der Waals surface area (Å²) < 4.78 is 24.3. The molecule has 0 radical (unpaired) electrons. The molecule has 1 saturated heterocycles. The van der Waals surface area contributed by atoms with Gasteiger partial charge in [0.2, 0.25) is 5.91 Å². The number of carboxylic acids is 1. The Morgan fingerprint density at radius 2 is 1.72 bits per heavy atom. The number of hydrogen-bond donors (Lipinski definition) is 2. The zero-order chi connectivity index (χ0) is 33.8. The molecule has 0 spiro atoms. The highest BCUT2D eigenvalue weighted by Gasteiger charge is 2.68. The SMILES string of the molecule is CC/C=C(\CCC(=O)O)C1=CCC2(C)C(CCC3(C)C2CCC2C4CCCC4(NCC(=O)N4CCCS(=O)(=O)CC4)CC[C@]23C)C1C. The van der Waals surface area contributed by atoms with Crippen LogP contribution in [-0.4, -0.2) is 67.0 Å². The van der Waals surface area contributed by atoms with Crippen molar-refractivity contribution in [2.75, 3.05) is 31.1 Å². The second-order valence-electron chi connectivity index (χ2n) is 17.3. The van der Waals surface area contributed by atoms with Gasteiger partial charge >= 0.3 is 5.97 Å². The van der Waals surface area contributed by atoms with Crippen LogP contribution in [0.2, 0.25) is 0 Å². The lowest BCUT2D eigenvalue weighted by atomic mass is 9.34. The normalized spacial score (nSPS) is 43.1. The van der Waals surface area contributed by atoms with E-state index in [0.29, 0.717) is 62.1 Å². The molecule has 1 aliphatic heterocycles. The first kappa shape index (κ1) is 35.2. The average Bonchev–Trinajstić information content (AvgIpc) is 3.35. The van der Waals surface area contributed by atoms with E-state index in [1.165, 1.54) is 56.1 Å². The Labute approximate surface area is 284 Å². The number of carbonyl (C=O) groups excluding carboxylic acids is 1. The number of sulfone groups is 1. The number of fused-ring (bicyclic) bond motifs is 7. The molecule has 6 aliphatic rings. The first-order chi connectivity index (χ1) is 22.2. The van der Waals surface area contributed by atoms with Crippen LogP contribution in [0.4, 0.5) is 0 Å². The largest absolute Gasteiger partial charge is 0.481 e. The molecule has 1 amide bonds. The Morgan fingerprint density at radius 3 is 2.47 bits per heavy atom. The van der Waals surface area contributed by atoms with Gasteiger partial charge in [0.25, 0.3) is 0 Å². The number of allylic oxidation sites excluding steroid dienone is 4. The van der Waals surface area contributed by atoms with Gasteiger partial charge in [-0.2, -0.15) is 0 Å². The van der Waals surface area contributed by atoms with E-state index in [2.05, 4.69) is 52.1 Å². The van der Waals surface area contributed by atoms with Crippen LogP contribution in [0.1, 0.15) is 125 Å². The fraction of sp³-hybridized carbons (Fsp3) is 0.846. The standard InChI is InChI=1S/C39H62N2O5S/c1-6-9-28(11-14-35(43)44)29-15-18-36(3)30(27(29)2)16-19-38(5)33(36)13-12-31-32-10-7-17-39(32,21-20-37(31,38)4)40-26-34(42)41-22-8-24-47(45,46)25-23-41/h9,15,27,30-33,40H,6-8,10-14,16-26H2,1-5H3,(H,43,44)/b28-9+/t27?,30?,31?,32?,33?,36?,37-,38?,39?/m1/s1. The van der Waals surface area contributed by atoms with E-state index in [9.17, 15) is 23.1 Å². The smallest absolute Gasteiger partial charge is 0.303 e. The molecular weight excluding hydrogens is 609 g/mol. The van der Waals surface area contributed by atoms with Crippen molar-refractivity contribution >= 4 is 21.7 Å². The van der Waals surface area contributed by atoms with Crippen molar-refractivity contribution in [2.45, 2.75) is 130 Å². The van der Waals surface area contributed by atoms with Crippen molar-refractivity contribution < 1.29 is 23.1 Å². The van der Waals surface area contributed by atoms with Crippen LogP contribution in [0.15, 0.2) is 23.3 Å². The maximum Gasteiger partial charge on any atom is 0.303 e. The number of carbonyl (C=O) groups is 2. The van der Waals surface area contributed by atoms with E-state index in [-0.39, 0.29) is 45.6 Å². The fourth-order valence-corrected chi connectivity index (χ4v) is 14.2. The summed E-state index contributed by atoms with van der Waals surface area (Å²) >= 11 is 0. The van der Waals surface area contributed by atoms with E-state index >= 15 is 0 Å². The van der Waals surface area contributed by atoms with Crippen LogP contribution in [0, 0.1) is 45.8 Å². The molecule has 9 atom stereocenters. The van der Waals surface area contributed by atoms with Crippen molar-refractivity contribution in [3.8, 4) is 0 Å². The third-order valence-corrected chi connectivity index (χ3v) is 17.2. The molecule has 6 rings (SSSR count). The number of amides is 1. The van der Waals surface area contributed by atoms with E-state index in [0.717, 1.165) is 25.7 Å². The van der Waals surface area contributed by atoms with Crippen molar-refractivity contribution in [1.29, 1.82) is 0 Å². The van der Waals surface area contributed by atoms with E-state index in [4.69, 9.17) is 0 Å². The van der Waals surface area contributed by atoms with Gasteiger partial charge in [-0.05, 0) is 134 Å². The minimum absolute atomic E-state index is 0.0248. The molecule has 0 aromatic heterocycles. The van der Waals surface area contributed by atoms with Gasteiger partial charge in [-0.1, -0.05) is 53.2 Å². The number of aliphatic carboxylic acids is 1. The van der Waals surface area contributed by atoms with Gasteiger partial charge < -0.3 is 15.3 Å². The Morgan fingerprint density at radius 1 is 0.936 bits per heavy atom. The average molecular weight is 671 g/mol. The Kier molecular flexibility index (Phi) is 9.65. The molecule has 4 saturated carbocycles. The summed E-state index contributed by atoms with van der Waals surface area (Å²) in [5.74, 6) is 2.64. The van der Waals surface area contributed by atoms with Crippen LogP contribution in [0.25, 0.3) is 0 Å². The maximum absolute atomic E-state index is 13.4. The Balaban J connectivity index is 1.19. The maximum atomic E-state index is 13.4. The lowest BCUT2D eigenvalue weighted by Crippen LogP contribution is -2.67. The predicted octanol–water partition coefficient (Wildman–Crippen LogP) is 7.18. The van der Waals surface area contributed by atoms with E-state index in [1.54, 1.807) is 4.90 Å². The highest BCUT2D eigenvalue weighted by Crippen LogP contribution is 2.75. The highest BCUT2D eigenvalue weighted by molar-refractivity contribution is 7.91. The molecule has 1 heterocycles. The van der Waals surface area contributed by atoms with Crippen LogP contribution >= 0.6 is 0 Å². The highest BCUT2D eigenvalue weighted by atomic mass is 32.2. The van der Waals surface area contributed by atoms with Crippen molar-refractivity contribution in [2.24, 2.45) is 45.8 Å². The van der Waals surface area contributed by atoms with E-state index < -0.39 is 15.8 Å². The van der Waals surface area contributed by atoms with Gasteiger partial charge in [0.1, 0.15) is 0 Å². The molecule has 0 bridgehead atoms. The second kappa shape index (κ2) is 12.9. The van der Waals surface area contributed by atoms with Crippen LogP contribution in [0.3, 0.4) is 0 Å². The molecule has 47 heavy (non-hydrogen) atoms. The van der Waals surface area contributed by atoms with Gasteiger partial charge in [0, 0.05) is 25.0 Å². The zero-order valence-electron chi connectivity index (χ0n) is 29.9. The minimum Gasteiger partial charge on any atom is -0.481 e. The molecule has 8 heteroatoms. The second-order valence-corrected chi connectivity index (χ2v) is 19.6. The number of carboxylic acid groups (broad SMARTS) is 1. The summed E-state index contributed by atoms with van der Waals surface area (Å²) in [6, 6.07) is 0. The summed E-state index contributed by atoms with van der Waals surface area (Å²) in [5, 5.41) is 13.3. The third-order valence-electron chi connectivity index (χ3n) is 15.5. The zero-order valence-corrected chi connectivity index (χ0v) is 30.7. The molecular formula is C39H62N2O5S. The van der Waals surface area contributed by atoms with Crippen LogP contribution in [-0.2, 0) is 19.4 Å². The van der Waals surface area contributed by atoms with Gasteiger partial charge in [-0.3, -0.25) is 9.59 Å². The van der Waals surface area contributed by atoms with Gasteiger partial charge in [0.15, 0.2) is 9.84 Å². The van der Waals surface area contributed by atoms with Crippen molar-refractivity contribution in [3.63, 3.8) is 0 Å². The molecule has 8 unspecified atom stereocenters. The van der Waals surface area contributed by atoms with Gasteiger partial charge in [0.05, 0.1) is 18.1 Å². The summed E-state index contributed by atoms with van der Waals surface area (Å²) in [4.78, 5) is 26.6. The lowest BCUT2D eigenvalue weighted by Gasteiger charge is -2.71. The number of nitrogens with one attached hydrogen (secondary N) is 1. The summed E-state index contributed by atoms with van der Waals surface area (Å²) in [5.41, 5.74) is 3.52. The van der Waals surface area contributed by atoms with Crippen LogP contribution in [0.5, 0.6) is 0 Å². The molecule has 5 aliphatic carbocycles. The molecule has 0 aromatic rings. The number of nitrogens with zero attached hydrogens (tertiary/aromatic N) is 1. The number of rotatable bonds is 8. The minimum atomic E-state index is -3.04. The fourth-order valence-electron chi connectivity index (χ4n) is 12.9. The lowest BCUT2D eigenvalue weighted by molar-refractivity contribution is -0.212. The van der Waals surface area contributed by atoms with E-state index in [1.807, 2.05) is 0 Å². The quantitative estimate of drug-likeness (QED) is 0.284. The van der Waals surface area contributed by atoms with Gasteiger partial charge in [-0.15, -0.1) is 0 Å². The third kappa shape index (κ3) is 5.97. The first-order valence-corrected chi connectivity index (χ1v) is 20.9. The topological polar surface area (TPSA) is 104 Å². The summed E-state index contributed by atoms with van der Waals surface area (Å²) in [6.07, 6.45) is 19.2.